The third kappa shape index (κ3) is 3.58. The number of hydrogen-bond donors (Lipinski definition) is 0. The summed E-state index contributed by atoms with van der Waals surface area (Å²) in [4.78, 5) is 19.3. The molecule has 21 heavy (non-hydrogen) atoms. The lowest BCUT2D eigenvalue weighted by molar-refractivity contribution is -0.113. The molecule has 2 aliphatic heterocycles. The molecule has 0 bridgehead atoms. The molecule has 1 aromatic rings. The highest BCUT2D eigenvalue weighted by Crippen LogP contribution is 2.32. The number of amidine groups is 1. The smallest absolute Gasteiger partial charge is 0.286 e. The van der Waals surface area contributed by atoms with Gasteiger partial charge >= 0.3 is 0 Å². The van der Waals surface area contributed by atoms with Crippen molar-refractivity contribution in [1.29, 1.82) is 0 Å². The SMILES string of the molecule is C[C@H]1CCCN(C2=NC(=O)/C(=C/c3ccc(Br)cc3)S2)C1. The van der Waals surface area contributed by atoms with Crippen molar-refractivity contribution in [2.24, 2.45) is 10.9 Å². The highest BCUT2D eigenvalue weighted by atomic mass is 79.9. The molecule has 110 valence electrons. The molecule has 1 saturated heterocycles. The fourth-order valence-electron chi connectivity index (χ4n) is 2.61. The van der Waals surface area contributed by atoms with Gasteiger partial charge < -0.3 is 4.90 Å². The molecule has 0 aliphatic carbocycles. The van der Waals surface area contributed by atoms with Crippen LogP contribution in [0, 0.1) is 5.92 Å². The van der Waals surface area contributed by atoms with Gasteiger partial charge in [0, 0.05) is 17.6 Å². The molecule has 0 N–H and O–H groups in total. The molecular weight excluding hydrogens is 348 g/mol. The van der Waals surface area contributed by atoms with E-state index in [1.165, 1.54) is 24.6 Å². The van der Waals surface area contributed by atoms with Gasteiger partial charge in [0.05, 0.1) is 4.91 Å². The van der Waals surface area contributed by atoms with Gasteiger partial charge in [-0.05, 0) is 54.3 Å². The summed E-state index contributed by atoms with van der Waals surface area (Å²) in [5.41, 5.74) is 1.03. The molecule has 2 heterocycles. The van der Waals surface area contributed by atoms with E-state index >= 15 is 0 Å². The van der Waals surface area contributed by atoms with Gasteiger partial charge in [-0.1, -0.05) is 35.0 Å². The Morgan fingerprint density at radius 3 is 2.86 bits per heavy atom. The van der Waals surface area contributed by atoms with E-state index in [0.717, 1.165) is 28.3 Å². The Morgan fingerprint density at radius 1 is 1.38 bits per heavy atom. The van der Waals surface area contributed by atoms with Gasteiger partial charge in [0.1, 0.15) is 0 Å². The second-order valence-electron chi connectivity index (χ2n) is 5.56. The first kappa shape index (κ1) is 14.9. The van der Waals surface area contributed by atoms with Gasteiger partial charge in [-0.3, -0.25) is 4.79 Å². The molecule has 3 rings (SSSR count). The second kappa shape index (κ2) is 6.36. The molecule has 1 aromatic carbocycles. The molecule has 0 aromatic heterocycles. The quantitative estimate of drug-likeness (QED) is 0.701. The molecule has 1 fully saturated rings. The molecule has 1 atom stereocenters. The molecule has 0 unspecified atom stereocenters. The monoisotopic (exact) mass is 364 g/mol. The van der Waals surface area contributed by atoms with Gasteiger partial charge in [0.2, 0.25) is 0 Å². The zero-order valence-electron chi connectivity index (χ0n) is 11.9. The lowest BCUT2D eigenvalue weighted by Gasteiger charge is -2.31. The maximum absolute atomic E-state index is 12.1. The van der Waals surface area contributed by atoms with Crippen LogP contribution in [0.25, 0.3) is 6.08 Å². The zero-order chi connectivity index (χ0) is 14.8. The van der Waals surface area contributed by atoms with E-state index in [-0.39, 0.29) is 5.91 Å². The number of likely N-dealkylation sites (tertiary alicyclic amines) is 1. The molecule has 1 amide bonds. The van der Waals surface area contributed by atoms with Gasteiger partial charge in [-0.2, -0.15) is 4.99 Å². The van der Waals surface area contributed by atoms with E-state index in [2.05, 4.69) is 32.7 Å². The van der Waals surface area contributed by atoms with Crippen LogP contribution in [-0.4, -0.2) is 29.1 Å². The number of carbonyl (C=O) groups is 1. The van der Waals surface area contributed by atoms with Crippen LogP contribution in [0.1, 0.15) is 25.3 Å². The Labute approximate surface area is 137 Å². The molecule has 3 nitrogen and oxygen atoms in total. The van der Waals surface area contributed by atoms with Crippen molar-refractivity contribution >= 4 is 44.8 Å². The van der Waals surface area contributed by atoms with Crippen LogP contribution in [-0.2, 0) is 4.79 Å². The minimum Gasteiger partial charge on any atom is -0.351 e. The van der Waals surface area contributed by atoms with Crippen LogP contribution in [0.3, 0.4) is 0 Å². The molecular formula is C16H17BrN2OS. The molecule has 2 aliphatic rings. The Morgan fingerprint density at radius 2 is 2.14 bits per heavy atom. The summed E-state index contributed by atoms with van der Waals surface area (Å²) in [6.07, 6.45) is 4.37. The number of carbonyl (C=O) groups excluding carboxylic acids is 1. The van der Waals surface area contributed by atoms with Crippen LogP contribution in [0.4, 0.5) is 0 Å². The predicted molar refractivity (Wildman–Crippen MR) is 92.1 cm³/mol. The van der Waals surface area contributed by atoms with Crippen LogP contribution in [0.2, 0.25) is 0 Å². The highest BCUT2D eigenvalue weighted by Gasteiger charge is 2.28. The minimum atomic E-state index is -0.115. The van der Waals surface area contributed by atoms with Crippen LogP contribution in [0.5, 0.6) is 0 Å². The molecule has 5 heteroatoms. The summed E-state index contributed by atoms with van der Waals surface area (Å²) in [5, 5.41) is 0.870. The highest BCUT2D eigenvalue weighted by molar-refractivity contribution is 9.10. The fourth-order valence-corrected chi connectivity index (χ4v) is 3.82. The van der Waals surface area contributed by atoms with E-state index in [4.69, 9.17) is 0 Å². The van der Waals surface area contributed by atoms with Crippen LogP contribution >= 0.6 is 27.7 Å². The van der Waals surface area contributed by atoms with Crippen LogP contribution in [0.15, 0.2) is 38.6 Å². The lowest BCUT2D eigenvalue weighted by Crippen LogP contribution is -2.37. The number of benzene rings is 1. The lowest BCUT2D eigenvalue weighted by atomic mass is 10.0. The largest absolute Gasteiger partial charge is 0.351 e. The maximum Gasteiger partial charge on any atom is 0.286 e. The summed E-state index contributed by atoms with van der Waals surface area (Å²) in [7, 11) is 0. The average molecular weight is 365 g/mol. The first-order valence-corrected chi connectivity index (χ1v) is 8.76. The summed E-state index contributed by atoms with van der Waals surface area (Å²) >= 11 is 4.92. The summed E-state index contributed by atoms with van der Waals surface area (Å²) in [5.74, 6) is 0.563. The number of nitrogens with zero attached hydrogens (tertiary/aromatic N) is 2. The summed E-state index contributed by atoms with van der Waals surface area (Å²) < 4.78 is 1.04. The zero-order valence-corrected chi connectivity index (χ0v) is 14.3. The van der Waals surface area contributed by atoms with Gasteiger partial charge in [0.25, 0.3) is 5.91 Å². The van der Waals surface area contributed by atoms with Gasteiger partial charge in [-0.25, -0.2) is 0 Å². The topological polar surface area (TPSA) is 32.7 Å². The van der Waals surface area contributed by atoms with Gasteiger partial charge in [-0.15, -0.1) is 0 Å². The molecule has 0 spiro atoms. The van der Waals surface area contributed by atoms with E-state index < -0.39 is 0 Å². The van der Waals surface area contributed by atoms with E-state index in [1.54, 1.807) is 0 Å². The van der Waals surface area contributed by atoms with E-state index in [0.29, 0.717) is 10.8 Å². The number of rotatable bonds is 1. The normalized spacial score (nSPS) is 24.6. The van der Waals surface area contributed by atoms with Crippen molar-refractivity contribution in [2.75, 3.05) is 13.1 Å². The Kier molecular flexibility index (Phi) is 4.50. The maximum atomic E-state index is 12.1. The van der Waals surface area contributed by atoms with Crippen molar-refractivity contribution in [3.8, 4) is 0 Å². The first-order valence-electron chi connectivity index (χ1n) is 7.15. The minimum absolute atomic E-state index is 0.115. The van der Waals surface area contributed by atoms with E-state index in [1.807, 2.05) is 30.3 Å². The van der Waals surface area contributed by atoms with Crippen molar-refractivity contribution in [1.82, 2.24) is 4.90 Å². The molecule has 0 saturated carbocycles. The number of piperidine rings is 1. The van der Waals surface area contributed by atoms with Crippen LogP contribution < -0.4 is 0 Å². The second-order valence-corrected chi connectivity index (χ2v) is 7.48. The average Bonchev–Trinajstić information content (AvgIpc) is 2.83. The third-order valence-electron chi connectivity index (χ3n) is 3.70. The number of halogens is 1. The van der Waals surface area contributed by atoms with E-state index in [9.17, 15) is 4.79 Å². The standard InChI is InChI=1S/C16H17BrN2OS/c1-11-3-2-8-19(10-11)16-18-15(20)14(21-16)9-12-4-6-13(17)7-5-12/h4-7,9,11H,2-3,8,10H2,1H3/b14-9-/t11-/m0/s1. The Hall–Kier alpha value is -1.07. The third-order valence-corrected chi connectivity index (χ3v) is 5.28. The van der Waals surface area contributed by atoms with Crippen molar-refractivity contribution in [3.63, 3.8) is 0 Å². The molecule has 0 radical (unpaired) electrons. The van der Waals surface area contributed by atoms with Gasteiger partial charge in [0.15, 0.2) is 5.17 Å². The number of amides is 1. The number of thioether (sulfide) groups is 1. The summed E-state index contributed by atoms with van der Waals surface area (Å²) in [6, 6.07) is 7.94. The van der Waals surface area contributed by atoms with Crippen molar-refractivity contribution < 1.29 is 4.79 Å². The summed E-state index contributed by atoms with van der Waals surface area (Å²) in [6.45, 7) is 4.27. The Balaban J connectivity index is 1.73. The van der Waals surface area contributed by atoms with Crippen molar-refractivity contribution in [2.45, 2.75) is 19.8 Å². The fraction of sp³-hybridized carbons (Fsp3) is 0.375. The van der Waals surface area contributed by atoms with Crippen molar-refractivity contribution in [3.05, 3.63) is 39.2 Å². The Bertz CT molecular complexity index is 609. The first-order chi connectivity index (χ1) is 10.1. The number of hydrogen-bond acceptors (Lipinski definition) is 3. The predicted octanol–water partition coefficient (Wildman–Crippen LogP) is 4.15. The number of aliphatic imine (C=N–C) groups is 1.